The van der Waals surface area contributed by atoms with Crippen molar-refractivity contribution in [1.82, 2.24) is 19.2 Å². The van der Waals surface area contributed by atoms with Gasteiger partial charge in [-0.2, -0.15) is 9.61 Å². The van der Waals surface area contributed by atoms with Crippen molar-refractivity contribution in [2.75, 3.05) is 0 Å². The number of hydrogen-bond acceptors (Lipinski definition) is 4. The summed E-state index contributed by atoms with van der Waals surface area (Å²) in [5.41, 5.74) is 8.62. The summed E-state index contributed by atoms with van der Waals surface area (Å²) in [6.07, 6.45) is 3.39. The maximum Gasteiger partial charge on any atom is 0.274 e. The molecule has 0 aliphatic rings. The highest BCUT2D eigenvalue weighted by Crippen LogP contribution is 2.18. The van der Waals surface area contributed by atoms with Crippen molar-refractivity contribution in [2.24, 2.45) is 12.8 Å². The van der Waals surface area contributed by atoms with Crippen molar-refractivity contribution in [3.8, 4) is 11.3 Å². The van der Waals surface area contributed by atoms with E-state index in [2.05, 4.69) is 10.1 Å². The number of aryl methyl sites for hydroxylation is 1. The van der Waals surface area contributed by atoms with Crippen molar-refractivity contribution in [2.45, 2.75) is 6.54 Å². The summed E-state index contributed by atoms with van der Waals surface area (Å²) in [4.78, 5) is 15.9. The molecular weight excluding hydrogens is 242 g/mol. The minimum atomic E-state index is -0.172. The fraction of sp³-hybridized carbons (Fsp3) is 0.154. The first-order valence-electron chi connectivity index (χ1n) is 5.90. The second-order valence-electron chi connectivity index (χ2n) is 4.27. The predicted octanol–water partition coefficient (Wildman–Crippen LogP) is 0.554. The number of nitrogens with zero attached hydrogens (tertiary/aromatic N) is 4. The molecule has 0 atom stereocenters. The van der Waals surface area contributed by atoms with Gasteiger partial charge in [0.05, 0.1) is 5.69 Å². The Kier molecular flexibility index (Phi) is 2.64. The summed E-state index contributed by atoms with van der Waals surface area (Å²) in [6.45, 7) is 0.317. The Labute approximate surface area is 109 Å². The van der Waals surface area contributed by atoms with E-state index in [0.717, 1.165) is 22.6 Å². The van der Waals surface area contributed by atoms with Gasteiger partial charge < -0.3 is 10.3 Å². The Hall–Kier alpha value is -2.47. The van der Waals surface area contributed by atoms with Crippen LogP contribution in [0.3, 0.4) is 0 Å². The first kappa shape index (κ1) is 11.6. The van der Waals surface area contributed by atoms with Gasteiger partial charge in [0.2, 0.25) is 0 Å². The molecule has 0 radical (unpaired) electrons. The lowest BCUT2D eigenvalue weighted by Crippen LogP contribution is -2.21. The summed E-state index contributed by atoms with van der Waals surface area (Å²) < 4.78 is 3.26. The summed E-state index contributed by atoms with van der Waals surface area (Å²) in [5, 5.41) is 4.33. The zero-order valence-corrected chi connectivity index (χ0v) is 10.4. The summed E-state index contributed by atoms with van der Waals surface area (Å²) >= 11 is 0. The quantitative estimate of drug-likeness (QED) is 0.725. The molecule has 0 saturated carbocycles. The van der Waals surface area contributed by atoms with E-state index in [1.807, 2.05) is 29.8 Å². The zero-order valence-electron chi connectivity index (χ0n) is 10.4. The Morgan fingerprint density at radius 1 is 1.26 bits per heavy atom. The third kappa shape index (κ3) is 1.82. The molecule has 3 rings (SSSR count). The van der Waals surface area contributed by atoms with E-state index in [4.69, 9.17) is 5.73 Å². The van der Waals surface area contributed by atoms with E-state index >= 15 is 0 Å². The zero-order chi connectivity index (χ0) is 13.4. The summed E-state index contributed by atoms with van der Waals surface area (Å²) in [5.74, 6) is 0. The van der Waals surface area contributed by atoms with Crippen LogP contribution in [0.5, 0.6) is 0 Å². The molecule has 96 valence electrons. The molecule has 19 heavy (non-hydrogen) atoms. The van der Waals surface area contributed by atoms with Crippen molar-refractivity contribution in [3.05, 3.63) is 52.7 Å². The molecular formula is C13H13N5O. The fourth-order valence-electron chi connectivity index (χ4n) is 2.08. The lowest BCUT2D eigenvalue weighted by molar-refractivity contribution is 0.766. The van der Waals surface area contributed by atoms with Gasteiger partial charge in [-0.05, 0) is 12.1 Å². The lowest BCUT2D eigenvalue weighted by Gasteiger charge is -2.07. The summed E-state index contributed by atoms with van der Waals surface area (Å²) in [6, 6.07) is 7.10. The average molecular weight is 255 g/mol. The molecule has 2 N–H and O–H groups in total. The Morgan fingerprint density at radius 2 is 2.00 bits per heavy atom. The molecule has 3 aromatic rings. The predicted molar refractivity (Wildman–Crippen MR) is 71.6 cm³/mol. The number of rotatable bonds is 2. The molecule has 3 heterocycles. The molecule has 6 heteroatoms. The van der Waals surface area contributed by atoms with Crippen LogP contribution >= 0.6 is 0 Å². The van der Waals surface area contributed by atoms with Crippen molar-refractivity contribution in [1.29, 1.82) is 0 Å². The molecule has 6 nitrogen and oxygen atoms in total. The van der Waals surface area contributed by atoms with Gasteiger partial charge in [-0.15, -0.1) is 0 Å². The van der Waals surface area contributed by atoms with E-state index < -0.39 is 0 Å². The minimum Gasteiger partial charge on any atom is -0.331 e. The molecule has 0 aromatic carbocycles. The number of fused-ring (bicyclic) bond motifs is 1. The highest BCUT2D eigenvalue weighted by Gasteiger charge is 2.10. The van der Waals surface area contributed by atoms with Gasteiger partial charge in [0, 0.05) is 49.4 Å². The van der Waals surface area contributed by atoms with E-state index in [9.17, 15) is 4.79 Å². The van der Waals surface area contributed by atoms with Crippen molar-refractivity contribution < 1.29 is 0 Å². The summed E-state index contributed by atoms with van der Waals surface area (Å²) in [7, 11) is 1.87. The molecule has 0 bridgehead atoms. The van der Waals surface area contributed by atoms with Gasteiger partial charge >= 0.3 is 0 Å². The highest BCUT2D eigenvalue weighted by atomic mass is 16.1. The molecule has 3 aromatic heterocycles. The third-order valence-corrected chi connectivity index (χ3v) is 3.15. The van der Waals surface area contributed by atoms with Gasteiger partial charge in [0.25, 0.3) is 5.56 Å². The van der Waals surface area contributed by atoms with Crippen molar-refractivity contribution in [3.63, 3.8) is 0 Å². The van der Waals surface area contributed by atoms with Gasteiger partial charge in [0.15, 0.2) is 0 Å². The van der Waals surface area contributed by atoms with Crippen LogP contribution in [0, 0.1) is 0 Å². The monoisotopic (exact) mass is 255 g/mol. The highest BCUT2D eigenvalue weighted by molar-refractivity contribution is 5.63. The third-order valence-electron chi connectivity index (χ3n) is 3.15. The second-order valence-corrected chi connectivity index (χ2v) is 4.27. The van der Waals surface area contributed by atoms with Gasteiger partial charge in [-0.3, -0.25) is 9.78 Å². The van der Waals surface area contributed by atoms with Crippen LogP contribution in [0.15, 0.2) is 41.5 Å². The molecule has 0 unspecified atom stereocenters. The largest absolute Gasteiger partial charge is 0.331 e. The average Bonchev–Trinajstić information content (AvgIpc) is 2.90. The van der Waals surface area contributed by atoms with E-state index in [1.54, 1.807) is 12.4 Å². The van der Waals surface area contributed by atoms with E-state index in [-0.39, 0.29) is 5.56 Å². The van der Waals surface area contributed by atoms with E-state index in [1.165, 1.54) is 10.6 Å². The normalized spacial score (nSPS) is 11.1. The minimum absolute atomic E-state index is 0.172. The number of pyridine rings is 1. The fourth-order valence-corrected chi connectivity index (χ4v) is 2.08. The van der Waals surface area contributed by atoms with Crippen LogP contribution in [-0.2, 0) is 13.6 Å². The van der Waals surface area contributed by atoms with Gasteiger partial charge in [-0.25, -0.2) is 0 Å². The Balaban J connectivity index is 2.30. The molecule has 0 amide bonds. The maximum atomic E-state index is 12.0. The van der Waals surface area contributed by atoms with Gasteiger partial charge in [-0.1, -0.05) is 0 Å². The van der Waals surface area contributed by atoms with Crippen LogP contribution in [-0.4, -0.2) is 19.2 Å². The van der Waals surface area contributed by atoms with Crippen LogP contribution in [0.25, 0.3) is 16.9 Å². The first-order chi connectivity index (χ1) is 9.20. The topological polar surface area (TPSA) is 78.2 Å². The first-order valence-corrected chi connectivity index (χ1v) is 5.90. The van der Waals surface area contributed by atoms with E-state index in [0.29, 0.717) is 6.54 Å². The van der Waals surface area contributed by atoms with Crippen molar-refractivity contribution >= 4 is 5.65 Å². The number of aromatic nitrogens is 4. The maximum absolute atomic E-state index is 12.0. The molecule has 0 aliphatic heterocycles. The SMILES string of the molecule is Cn1c(CN)cc(=O)n2nc(-c3ccncc3)cc12. The van der Waals surface area contributed by atoms with Crippen LogP contribution in [0.1, 0.15) is 5.69 Å². The van der Waals surface area contributed by atoms with Crippen LogP contribution in [0.2, 0.25) is 0 Å². The van der Waals surface area contributed by atoms with Gasteiger partial charge in [0.1, 0.15) is 5.65 Å². The number of nitrogens with two attached hydrogens (primary N) is 1. The smallest absolute Gasteiger partial charge is 0.274 e. The second kappa shape index (κ2) is 4.33. The van der Waals surface area contributed by atoms with Crippen LogP contribution in [0.4, 0.5) is 0 Å². The molecule has 0 spiro atoms. The Morgan fingerprint density at radius 3 is 2.68 bits per heavy atom. The molecule has 0 fully saturated rings. The van der Waals surface area contributed by atoms with Crippen LogP contribution < -0.4 is 11.3 Å². The lowest BCUT2D eigenvalue weighted by atomic mass is 10.2. The number of hydrogen-bond donors (Lipinski definition) is 1. The molecule has 0 aliphatic carbocycles. The molecule has 0 saturated heterocycles. The standard InChI is InChI=1S/C13H13N5O/c1-17-10(8-14)6-13(19)18-12(17)7-11(16-18)9-2-4-15-5-3-9/h2-7H,8,14H2,1H3. The Bertz CT molecular complexity index is 788.